The fourth-order valence-electron chi connectivity index (χ4n) is 1.91. The monoisotopic (exact) mass is 396 g/mol. The van der Waals surface area contributed by atoms with Crippen molar-refractivity contribution < 1.29 is 22.9 Å². The third kappa shape index (κ3) is 4.20. The Bertz CT molecular complexity index is 852. The number of carbonyl (C=O) groups excluding carboxylic acids is 1. The van der Waals surface area contributed by atoms with Gasteiger partial charge in [0.2, 0.25) is 5.91 Å². The number of amides is 1. The Kier molecular flexibility index (Phi) is 5.23. The van der Waals surface area contributed by atoms with Gasteiger partial charge in [0.05, 0.1) is 26.3 Å². The van der Waals surface area contributed by atoms with E-state index in [0.29, 0.717) is 0 Å². The van der Waals surface area contributed by atoms with Gasteiger partial charge in [0, 0.05) is 12.1 Å². The number of alkyl halides is 3. The van der Waals surface area contributed by atoms with Crippen molar-refractivity contribution in [2.75, 3.05) is 5.32 Å². The van der Waals surface area contributed by atoms with Crippen LogP contribution >= 0.6 is 23.2 Å². The van der Waals surface area contributed by atoms with Gasteiger partial charge in [-0.3, -0.25) is 19.6 Å². The van der Waals surface area contributed by atoms with E-state index in [2.05, 4.69) is 10.4 Å². The maximum Gasteiger partial charge on any atom is 0.436 e. The Morgan fingerprint density at radius 2 is 2.04 bits per heavy atom. The van der Waals surface area contributed by atoms with Gasteiger partial charge >= 0.3 is 6.18 Å². The third-order valence-electron chi connectivity index (χ3n) is 3.13. The SMILES string of the molecule is Cc1c(Cl)c(C(F)(F)F)nn1CC(=O)Nc1cc([N+](=O)[O-])ccc1Cl. The molecule has 1 N–H and O–H groups in total. The summed E-state index contributed by atoms with van der Waals surface area (Å²) in [5, 5.41) is 15.7. The van der Waals surface area contributed by atoms with Gasteiger partial charge in [0.15, 0.2) is 5.69 Å². The average Bonchev–Trinajstić information content (AvgIpc) is 2.77. The first kappa shape index (κ1) is 19.0. The van der Waals surface area contributed by atoms with Crippen LogP contribution in [0, 0.1) is 17.0 Å². The summed E-state index contributed by atoms with van der Waals surface area (Å²) in [5.74, 6) is -0.779. The summed E-state index contributed by atoms with van der Waals surface area (Å²) in [5.41, 5.74) is -1.70. The summed E-state index contributed by atoms with van der Waals surface area (Å²) in [6.45, 7) is 0.693. The zero-order chi connectivity index (χ0) is 18.9. The fraction of sp³-hybridized carbons (Fsp3) is 0.231. The minimum Gasteiger partial charge on any atom is -0.323 e. The van der Waals surface area contributed by atoms with Crippen molar-refractivity contribution in [2.45, 2.75) is 19.6 Å². The molecule has 2 aromatic rings. The van der Waals surface area contributed by atoms with Gasteiger partial charge in [-0.05, 0) is 13.0 Å². The number of nitrogens with zero attached hydrogens (tertiary/aromatic N) is 3. The second kappa shape index (κ2) is 6.89. The van der Waals surface area contributed by atoms with E-state index in [9.17, 15) is 28.1 Å². The maximum absolute atomic E-state index is 12.8. The number of nitrogens with one attached hydrogen (secondary N) is 1. The largest absolute Gasteiger partial charge is 0.436 e. The van der Waals surface area contributed by atoms with Crippen molar-refractivity contribution in [3.63, 3.8) is 0 Å². The van der Waals surface area contributed by atoms with E-state index in [1.807, 2.05) is 0 Å². The molecule has 0 unspecified atom stereocenters. The Labute approximate surface area is 148 Å². The molecule has 0 spiro atoms. The quantitative estimate of drug-likeness (QED) is 0.622. The Hall–Kier alpha value is -2.33. The molecule has 0 aliphatic carbocycles. The standard InChI is InChI=1S/C13H9Cl2F3N4O3/c1-6-11(15)12(13(16,17)18)20-21(6)5-10(23)19-9-4-7(22(24)25)2-3-8(9)14/h2-4H,5H2,1H3,(H,19,23). The molecule has 134 valence electrons. The zero-order valence-corrected chi connectivity index (χ0v) is 13.9. The summed E-state index contributed by atoms with van der Waals surface area (Å²) in [6, 6.07) is 3.39. The lowest BCUT2D eigenvalue weighted by molar-refractivity contribution is -0.384. The number of hydrogen-bond donors (Lipinski definition) is 1. The van der Waals surface area contributed by atoms with Crippen molar-refractivity contribution in [3.8, 4) is 0 Å². The van der Waals surface area contributed by atoms with Crippen LogP contribution in [0.4, 0.5) is 24.5 Å². The number of hydrogen-bond acceptors (Lipinski definition) is 4. The van der Waals surface area contributed by atoms with Crippen LogP contribution in [0.15, 0.2) is 18.2 Å². The number of carbonyl (C=O) groups is 1. The van der Waals surface area contributed by atoms with Crippen LogP contribution in [-0.2, 0) is 17.5 Å². The molecular formula is C13H9Cl2F3N4O3. The summed E-state index contributed by atoms with van der Waals surface area (Å²) in [6.07, 6.45) is -4.76. The van der Waals surface area contributed by atoms with Gasteiger partial charge in [-0.25, -0.2) is 0 Å². The molecule has 0 saturated heterocycles. The molecule has 7 nitrogen and oxygen atoms in total. The highest BCUT2D eigenvalue weighted by Crippen LogP contribution is 2.35. The number of benzene rings is 1. The number of nitro groups is 1. The lowest BCUT2D eigenvalue weighted by atomic mass is 10.2. The first-order valence-electron chi connectivity index (χ1n) is 6.54. The number of aromatic nitrogens is 2. The highest BCUT2D eigenvalue weighted by atomic mass is 35.5. The summed E-state index contributed by atoms with van der Waals surface area (Å²) in [4.78, 5) is 22.1. The van der Waals surface area contributed by atoms with Crippen LogP contribution in [0.2, 0.25) is 10.0 Å². The number of rotatable bonds is 4. The molecule has 0 aliphatic heterocycles. The van der Waals surface area contributed by atoms with E-state index in [1.165, 1.54) is 13.0 Å². The first-order valence-corrected chi connectivity index (χ1v) is 7.30. The topological polar surface area (TPSA) is 90.1 Å². The van der Waals surface area contributed by atoms with E-state index in [0.717, 1.165) is 16.8 Å². The van der Waals surface area contributed by atoms with Gasteiger partial charge in [-0.1, -0.05) is 23.2 Å². The number of anilines is 1. The van der Waals surface area contributed by atoms with E-state index >= 15 is 0 Å². The zero-order valence-electron chi connectivity index (χ0n) is 12.4. The average molecular weight is 397 g/mol. The summed E-state index contributed by atoms with van der Waals surface area (Å²) >= 11 is 11.4. The molecule has 1 aromatic heterocycles. The molecule has 25 heavy (non-hydrogen) atoms. The van der Waals surface area contributed by atoms with Crippen molar-refractivity contribution in [3.05, 3.63) is 49.7 Å². The van der Waals surface area contributed by atoms with Crippen LogP contribution in [0.3, 0.4) is 0 Å². The minimum absolute atomic E-state index is 0.0325. The van der Waals surface area contributed by atoms with E-state index in [-0.39, 0.29) is 22.1 Å². The Balaban J connectivity index is 2.22. The summed E-state index contributed by atoms with van der Waals surface area (Å²) in [7, 11) is 0. The molecule has 0 atom stereocenters. The molecule has 1 heterocycles. The third-order valence-corrected chi connectivity index (χ3v) is 3.91. The van der Waals surface area contributed by atoms with Crippen LogP contribution < -0.4 is 5.32 Å². The van der Waals surface area contributed by atoms with Crippen molar-refractivity contribution >= 4 is 40.5 Å². The fourth-order valence-corrected chi connectivity index (χ4v) is 2.32. The van der Waals surface area contributed by atoms with Gasteiger partial charge in [0.1, 0.15) is 6.54 Å². The Morgan fingerprint density at radius 3 is 2.56 bits per heavy atom. The highest BCUT2D eigenvalue weighted by Gasteiger charge is 2.38. The number of halogens is 5. The molecule has 0 aliphatic rings. The normalized spacial score (nSPS) is 11.4. The van der Waals surface area contributed by atoms with E-state index < -0.39 is 34.3 Å². The van der Waals surface area contributed by atoms with E-state index in [1.54, 1.807) is 0 Å². The predicted molar refractivity (Wildman–Crippen MR) is 83.7 cm³/mol. The van der Waals surface area contributed by atoms with Crippen LogP contribution in [0.25, 0.3) is 0 Å². The molecule has 0 bridgehead atoms. The van der Waals surface area contributed by atoms with E-state index in [4.69, 9.17) is 23.2 Å². The predicted octanol–water partition coefficient (Wildman–Crippen LogP) is 4.06. The van der Waals surface area contributed by atoms with Crippen LogP contribution in [-0.4, -0.2) is 20.6 Å². The highest BCUT2D eigenvalue weighted by molar-refractivity contribution is 6.33. The second-order valence-electron chi connectivity index (χ2n) is 4.87. The smallest absolute Gasteiger partial charge is 0.323 e. The molecule has 0 fully saturated rings. The first-order chi connectivity index (χ1) is 11.5. The second-order valence-corrected chi connectivity index (χ2v) is 5.66. The van der Waals surface area contributed by atoms with Crippen LogP contribution in [0.1, 0.15) is 11.4 Å². The molecular weight excluding hydrogens is 388 g/mol. The molecule has 1 aromatic carbocycles. The van der Waals surface area contributed by atoms with Gasteiger partial charge < -0.3 is 5.32 Å². The van der Waals surface area contributed by atoms with Crippen molar-refractivity contribution in [2.24, 2.45) is 0 Å². The Morgan fingerprint density at radius 1 is 1.40 bits per heavy atom. The number of non-ortho nitro benzene ring substituents is 1. The van der Waals surface area contributed by atoms with Gasteiger partial charge in [0.25, 0.3) is 5.69 Å². The molecule has 2 rings (SSSR count). The lowest BCUT2D eigenvalue weighted by Gasteiger charge is -2.08. The van der Waals surface area contributed by atoms with Gasteiger partial charge in [-0.15, -0.1) is 0 Å². The lowest BCUT2D eigenvalue weighted by Crippen LogP contribution is -2.21. The maximum atomic E-state index is 12.8. The summed E-state index contributed by atoms with van der Waals surface area (Å²) < 4.78 is 39.1. The van der Waals surface area contributed by atoms with Crippen molar-refractivity contribution in [1.82, 2.24) is 9.78 Å². The molecule has 1 amide bonds. The van der Waals surface area contributed by atoms with Crippen molar-refractivity contribution in [1.29, 1.82) is 0 Å². The number of nitro benzene ring substituents is 1. The van der Waals surface area contributed by atoms with Gasteiger partial charge in [-0.2, -0.15) is 18.3 Å². The molecule has 0 saturated carbocycles. The van der Waals surface area contributed by atoms with Crippen LogP contribution in [0.5, 0.6) is 0 Å². The minimum atomic E-state index is -4.76. The molecule has 12 heteroatoms. The molecule has 0 radical (unpaired) electrons.